The lowest BCUT2D eigenvalue weighted by atomic mass is 9.99. The second kappa shape index (κ2) is 6.77. The number of hydrogen-bond acceptors (Lipinski definition) is 3. The van der Waals surface area contributed by atoms with Crippen LogP contribution >= 0.6 is 11.8 Å². The van der Waals surface area contributed by atoms with Crippen LogP contribution in [-0.4, -0.2) is 41.6 Å². The minimum absolute atomic E-state index is 0.357. The number of nitrogens with zero attached hydrogens (tertiary/aromatic N) is 1. The zero-order chi connectivity index (χ0) is 11.3. The van der Waals surface area contributed by atoms with E-state index in [4.69, 9.17) is 5.73 Å². The van der Waals surface area contributed by atoms with Gasteiger partial charge < -0.3 is 5.73 Å². The van der Waals surface area contributed by atoms with E-state index in [2.05, 4.69) is 37.4 Å². The van der Waals surface area contributed by atoms with E-state index in [1.54, 1.807) is 0 Å². The number of rotatable bonds is 5. The molecule has 15 heavy (non-hydrogen) atoms. The molecule has 3 heteroatoms. The maximum absolute atomic E-state index is 6.20. The van der Waals surface area contributed by atoms with Crippen LogP contribution in [-0.2, 0) is 0 Å². The van der Waals surface area contributed by atoms with Gasteiger partial charge in [-0.3, -0.25) is 4.90 Å². The third-order valence-electron chi connectivity index (χ3n) is 3.52. The molecule has 0 aliphatic carbocycles. The summed E-state index contributed by atoms with van der Waals surface area (Å²) in [7, 11) is 0. The van der Waals surface area contributed by atoms with Crippen molar-refractivity contribution in [1.29, 1.82) is 0 Å². The topological polar surface area (TPSA) is 29.3 Å². The Hall–Kier alpha value is 0.270. The van der Waals surface area contributed by atoms with Gasteiger partial charge in [-0.2, -0.15) is 11.8 Å². The molecular weight excluding hydrogens is 204 g/mol. The highest BCUT2D eigenvalue weighted by molar-refractivity contribution is 8.00. The zero-order valence-corrected chi connectivity index (χ0v) is 11.2. The van der Waals surface area contributed by atoms with Crippen molar-refractivity contribution in [2.45, 2.75) is 44.9 Å². The van der Waals surface area contributed by atoms with E-state index in [1.807, 2.05) is 0 Å². The molecule has 0 aromatic rings. The lowest BCUT2D eigenvalue weighted by Gasteiger charge is -2.34. The van der Waals surface area contributed by atoms with E-state index in [-0.39, 0.29) is 0 Å². The smallest absolute Gasteiger partial charge is 0.0193 e. The van der Waals surface area contributed by atoms with Gasteiger partial charge in [-0.15, -0.1) is 0 Å². The molecular formula is C12H26N2S. The fourth-order valence-corrected chi connectivity index (χ4v) is 3.22. The van der Waals surface area contributed by atoms with Crippen LogP contribution in [0.15, 0.2) is 0 Å². The Morgan fingerprint density at radius 2 is 2.20 bits per heavy atom. The van der Waals surface area contributed by atoms with Crippen LogP contribution in [0.1, 0.15) is 33.6 Å². The van der Waals surface area contributed by atoms with E-state index in [9.17, 15) is 0 Å². The van der Waals surface area contributed by atoms with Crippen molar-refractivity contribution in [2.75, 3.05) is 25.4 Å². The summed E-state index contributed by atoms with van der Waals surface area (Å²) in [6, 6.07) is 0.357. The first kappa shape index (κ1) is 13.3. The fourth-order valence-electron chi connectivity index (χ4n) is 1.97. The Kier molecular flexibility index (Phi) is 6.02. The molecule has 0 aromatic heterocycles. The van der Waals surface area contributed by atoms with Gasteiger partial charge in [0.2, 0.25) is 0 Å². The molecule has 1 rings (SSSR count). The molecule has 90 valence electrons. The SMILES string of the molecule is CCC1CN(CC(N)C(C)CC)CCS1. The van der Waals surface area contributed by atoms with Crippen LogP contribution in [0.4, 0.5) is 0 Å². The summed E-state index contributed by atoms with van der Waals surface area (Å²) < 4.78 is 0. The Labute approximate surface area is 99.0 Å². The van der Waals surface area contributed by atoms with Gasteiger partial charge in [0.05, 0.1) is 0 Å². The van der Waals surface area contributed by atoms with Gasteiger partial charge in [0, 0.05) is 36.7 Å². The number of hydrogen-bond donors (Lipinski definition) is 1. The maximum Gasteiger partial charge on any atom is 0.0193 e. The summed E-state index contributed by atoms with van der Waals surface area (Å²) in [4.78, 5) is 2.56. The molecule has 0 amide bonds. The lowest BCUT2D eigenvalue weighted by molar-refractivity contribution is 0.237. The molecule has 0 saturated carbocycles. The summed E-state index contributed by atoms with van der Waals surface area (Å²) in [6.07, 6.45) is 2.49. The predicted octanol–water partition coefficient (Wildman–Crippen LogP) is 2.19. The molecule has 0 bridgehead atoms. The maximum atomic E-state index is 6.20. The molecule has 2 nitrogen and oxygen atoms in total. The molecule has 0 spiro atoms. The van der Waals surface area contributed by atoms with Gasteiger partial charge in [0.25, 0.3) is 0 Å². The summed E-state index contributed by atoms with van der Waals surface area (Å²) in [5, 5.41) is 0.836. The van der Waals surface area contributed by atoms with Gasteiger partial charge >= 0.3 is 0 Å². The van der Waals surface area contributed by atoms with E-state index in [0.29, 0.717) is 12.0 Å². The van der Waals surface area contributed by atoms with Crippen molar-refractivity contribution in [3.8, 4) is 0 Å². The highest BCUT2D eigenvalue weighted by atomic mass is 32.2. The van der Waals surface area contributed by atoms with Gasteiger partial charge in [0.15, 0.2) is 0 Å². The standard InChI is InChI=1S/C12H26N2S/c1-4-10(3)12(13)9-14-6-7-15-11(5-2)8-14/h10-12H,4-9,13H2,1-3H3. The van der Waals surface area contributed by atoms with Crippen molar-refractivity contribution >= 4 is 11.8 Å². The van der Waals surface area contributed by atoms with Crippen LogP contribution in [0.25, 0.3) is 0 Å². The Balaban J connectivity index is 2.31. The molecule has 1 aliphatic rings. The fraction of sp³-hybridized carbons (Fsp3) is 1.00. The third-order valence-corrected chi connectivity index (χ3v) is 4.89. The molecule has 1 fully saturated rings. The minimum atomic E-state index is 0.357. The van der Waals surface area contributed by atoms with Crippen molar-refractivity contribution in [3.05, 3.63) is 0 Å². The average molecular weight is 230 g/mol. The summed E-state index contributed by atoms with van der Waals surface area (Å²) in [6.45, 7) is 10.3. The van der Waals surface area contributed by atoms with Crippen molar-refractivity contribution in [3.63, 3.8) is 0 Å². The van der Waals surface area contributed by atoms with Gasteiger partial charge in [-0.05, 0) is 12.3 Å². The van der Waals surface area contributed by atoms with Crippen LogP contribution < -0.4 is 5.73 Å². The molecule has 2 N–H and O–H groups in total. The summed E-state index contributed by atoms with van der Waals surface area (Å²) >= 11 is 2.13. The van der Waals surface area contributed by atoms with E-state index in [1.165, 1.54) is 31.7 Å². The predicted molar refractivity (Wildman–Crippen MR) is 70.4 cm³/mol. The van der Waals surface area contributed by atoms with Crippen LogP contribution in [0.5, 0.6) is 0 Å². The van der Waals surface area contributed by atoms with E-state index >= 15 is 0 Å². The molecule has 3 atom stereocenters. The second-order valence-corrected chi connectivity index (χ2v) is 6.12. The highest BCUT2D eigenvalue weighted by Gasteiger charge is 2.21. The molecule has 1 heterocycles. The van der Waals surface area contributed by atoms with Crippen LogP contribution in [0.2, 0.25) is 0 Å². The largest absolute Gasteiger partial charge is 0.326 e. The molecule has 0 aromatic carbocycles. The quantitative estimate of drug-likeness (QED) is 0.785. The third kappa shape index (κ3) is 4.33. The monoisotopic (exact) mass is 230 g/mol. The van der Waals surface area contributed by atoms with Crippen LogP contribution in [0, 0.1) is 5.92 Å². The van der Waals surface area contributed by atoms with Crippen molar-refractivity contribution in [1.82, 2.24) is 4.90 Å². The Morgan fingerprint density at radius 1 is 1.47 bits per heavy atom. The average Bonchev–Trinajstić information content (AvgIpc) is 2.28. The molecule has 1 saturated heterocycles. The number of nitrogens with two attached hydrogens (primary N) is 1. The lowest BCUT2D eigenvalue weighted by Crippen LogP contribution is -2.46. The van der Waals surface area contributed by atoms with Crippen molar-refractivity contribution in [2.24, 2.45) is 11.7 Å². The second-order valence-electron chi connectivity index (χ2n) is 4.71. The van der Waals surface area contributed by atoms with Crippen molar-refractivity contribution < 1.29 is 0 Å². The van der Waals surface area contributed by atoms with Gasteiger partial charge in [-0.1, -0.05) is 27.2 Å². The number of thioether (sulfide) groups is 1. The zero-order valence-electron chi connectivity index (χ0n) is 10.4. The summed E-state index contributed by atoms with van der Waals surface area (Å²) in [5.41, 5.74) is 6.20. The van der Waals surface area contributed by atoms with Crippen LogP contribution in [0.3, 0.4) is 0 Å². The molecule has 1 aliphatic heterocycles. The molecule has 3 unspecified atom stereocenters. The first-order chi connectivity index (χ1) is 7.17. The first-order valence-corrected chi connectivity index (χ1v) is 7.31. The summed E-state index contributed by atoms with van der Waals surface area (Å²) in [5.74, 6) is 1.94. The van der Waals surface area contributed by atoms with Gasteiger partial charge in [0.1, 0.15) is 0 Å². The normalized spacial score (nSPS) is 27.6. The Morgan fingerprint density at radius 3 is 2.80 bits per heavy atom. The van der Waals surface area contributed by atoms with E-state index in [0.717, 1.165) is 11.8 Å². The highest BCUT2D eigenvalue weighted by Crippen LogP contribution is 2.21. The minimum Gasteiger partial charge on any atom is -0.326 e. The van der Waals surface area contributed by atoms with E-state index < -0.39 is 0 Å². The first-order valence-electron chi connectivity index (χ1n) is 6.26. The van der Waals surface area contributed by atoms with Gasteiger partial charge in [-0.25, -0.2) is 0 Å². The Bertz CT molecular complexity index is 175. The molecule has 0 radical (unpaired) electrons.